The van der Waals surface area contributed by atoms with Crippen molar-refractivity contribution < 1.29 is 14.0 Å². The lowest BCUT2D eigenvalue weighted by atomic mass is 9.95. The number of rotatable bonds is 4. The van der Waals surface area contributed by atoms with Crippen molar-refractivity contribution in [1.82, 2.24) is 14.5 Å². The van der Waals surface area contributed by atoms with Crippen LogP contribution in [0.15, 0.2) is 65.7 Å². The number of hydrogen-bond acceptors (Lipinski definition) is 5. The monoisotopic (exact) mass is 462 g/mol. The van der Waals surface area contributed by atoms with Crippen LogP contribution < -0.4 is 4.74 Å². The summed E-state index contributed by atoms with van der Waals surface area (Å²) in [4.78, 5) is 12.2. The molecule has 0 amide bonds. The van der Waals surface area contributed by atoms with E-state index in [9.17, 15) is 4.39 Å². The largest absolute Gasteiger partial charge is 0.495 e. The third kappa shape index (κ3) is 4.69. The normalized spacial score (nSPS) is 18.9. The number of oxime groups is 1. The highest BCUT2D eigenvalue weighted by Gasteiger charge is 2.31. The fourth-order valence-corrected chi connectivity index (χ4v) is 4.60. The summed E-state index contributed by atoms with van der Waals surface area (Å²) >= 11 is 0. The van der Waals surface area contributed by atoms with Crippen LogP contribution in [0.4, 0.5) is 4.39 Å². The minimum absolute atomic E-state index is 0. The molecule has 3 aromatic rings. The quantitative estimate of drug-likeness (QED) is 0.483. The number of halogens is 1. The van der Waals surface area contributed by atoms with Gasteiger partial charge in [0, 0.05) is 19.2 Å². The molecule has 2 aromatic carbocycles. The van der Waals surface area contributed by atoms with Gasteiger partial charge in [-0.15, -0.1) is 0 Å². The second kappa shape index (κ2) is 10.1. The Morgan fingerprint density at radius 1 is 1.18 bits per heavy atom. The zero-order valence-corrected chi connectivity index (χ0v) is 18.9. The Kier molecular flexibility index (Phi) is 7.01. The molecule has 0 saturated carbocycles. The molecule has 0 bridgehead atoms. The van der Waals surface area contributed by atoms with Gasteiger partial charge in [0.25, 0.3) is 0 Å². The van der Waals surface area contributed by atoms with Crippen molar-refractivity contribution in [2.75, 3.05) is 20.3 Å². The topological polar surface area (TPSA) is 51.9 Å². The maximum atomic E-state index is 13.5. The van der Waals surface area contributed by atoms with E-state index in [-0.39, 0.29) is 19.3 Å². The maximum absolute atomic E-state index is 13.5. The molecule has 7 heteroatoms. The molecule has 6 nitrogen and oxygen atoms in total. The van der Waals surface area contributed by atoms with Crippen molar-refractivity contribution in [3.63, 3.8) is 0 Å². The lowest BCUT2D eigenvalue weighted by Gasteiger charge is -2.36. The molecule has 3 heterocycles. The Morgan fingerprint density at radius 2 is 2.00 bits per heavy atom. The Bertz CT molecular complexity index is 1200. The van der Waals surface area contributed by atoms with Crippen LogP contribution in [0.3, 0.4) is 0 Å². The van der Waals surface area contributed by atoms with Gasteiger partial charge in [-0.3, -0.25) is 0 Å². The predicted octanol–water partition coefficient (Wildman–Crippen LogP) is 5.92. The number of aromatic nitrogens is 2. The Labute approximate surface area is 200 Å². The number of amidine groups is 1. The summed E-state index contributed by atoms with van der Waals surface area (Å²) in [6.45, 7) is 3.39. The van der Waals surface area contributed by atoms with E-state index >= 15 is 0 Å². The minimum atomic E-state index is -0.222. The molecule has 0 radical (unpaired) electrons. The molecular weight excluding hydrogens is 431 g/mol. The van der Waals surface area contributed by atoms with Crippen molar-refractivity contribution in [1.29, 1.82) is 0 Å². The predicted molar refractivity (Wildman–Crippen MR) is 133 cm³/mol. The van der Waals surface area contributed by atoms with E-state index in [1.165, 1.54) is 12.1 Å². The van der Waals surface area contributed by atoms with Crippen LogP contribution in [0.25, 0.3) is 11.8 Å². The van der Waals surface area contributed by atoms with Crippen LogP contribution in [0.2, 0.25) is 0 Å². The molecule has 2 aliphatic heterocycles. The molecule has 0 spiro atoms. The average molecular weight is 463 g/mol. The van der Waals surface area contributed by atoms with Gasteiger partial charge in [0.05, 0.1) is 30.9 Å². The zero-order valence-electron chi connectivity index (χ0n) is 18.9. The highest BCUT2D eigenvalue weighted by molar-refractivity contribution is 6.02. The van der Waals surface area contributed by atoms with Gasteiger partial charge in [-0.1, -0.05) is 30.8 Å². The van der Waals surface area contributed by atoms with Gasteiger partial charge in [0.15, 0.2) is 5.84 Å². The van der Waals surface area contributed by atoms with Gasteiger partial charge >= 0.3 is 0 Å². The summed E-state index contributed by atoms with van der Waals surface area (Å²) in [7, 11) is 1.68. The Balaban J connectivity index is 0.00000274. The fourth-order valence-electron chi connectivity index (χ4n) is 4.60. The van der Waals surface area contributed by atoms with Crippen molar-refractivity contribution >= 4 is 11.9 Å². The summed E-state index contributed by atoms with van der Waals surface area (Å²) in [5.41, 5.74) is 5.14. The number of benzene rings is 2. The van der Waals surface area contributed by atoms with Crippen LogP contribution in [-0.2, 0) is 4.84 Å². The molecule has 1 saturated heterocycles. The number of fused-ring (bicyclic) bond motifs is 1. The number of aryl methyl sites for hydroxylation is 1. The van der Waals surface area contributed by atoms with E-state index in [0.29, 0.717) is 6.61 Å². The van der Waals surface area contributed by atoms with Crippen molar-refractivity contribution in [3.8, 4) is 11.4 Å². The van der Waals surface area contributed by atoms with Crippen LogP contribution in [-0.4, -0.2) is 40.5 Å². The highest BCUT2D eigenvalue weighted by Crippen LogP contribution is 2.34. The van der Waals surface area contributed by atoms with Crippen LogP contribution in [0, 0.1) is 12.7 Å². The van der Waals surface area contributed by atoms with E-state index in [4.69, 9.17) is 9.57 Å². The van der Waals surface area contributed by atoms with Gasteiger partial charge in [0.1, 0.15) is 18.2 Å². The number of ether oxygens (including phenoxy) is 1. The van der Waals surface area contributed by atoms with Gasteiger partial charge in [-0.25, -0.2) is 9.37 Å². The van der Waals surface area contributed by atoms with Crippen molar-refractivity contribution in [2.45, 2.75) is 39.7 Å². The summed E-state index contributed by atoms with van der Waals surface area (Å²) in [5, 5.41) is 4.48. The third-order valence-electron chi connectivity index (χ3n) is 6.20. The summed E-state index contributed by atoms with van der Waals surface area (Å²) < 4.78 is 21.1. The second-order valence-electron chi connectivity index (χ2n) is 8.42. The SMILES string of the molecule is C.COc1cc(/C=C2\CCCN3C2=NOCC[C@@H]3c2ccc(F)cc2)ccc1-n1cnc(C)c1. The lowest BCUT2D eigenvalue weighted by Crippen LogP contribution is -2.39. The molecule has 1 fully saturated rings. The van der Waals surface area contributed by atoms with Gasteiger partial charge in [-0.2, -0.15) is 0 Å². The minimum Gasteiger partial charge on any atom is -0.495 e. The molecule has 178 valence electrons. The van der Waals surface area contributed by atoms with Crippen LogP contribution >= 0.6 is 0 Å². The third-order valence-corrected chi connectivity index (χ3v) is 6.20. The maximum Gasteiger partial charge on any atom is 0.171 e. The Hall–Kier alpha value is -3.61. The number of hydrogen-bond donors (Lipinski definition) is 0. The summed E-state index contributed by atoms with van der Waals surface area (Å²) in [6, 6.07) is 13.0. The molecule has 0 unspecified atom stereocenters. The van der Waals surface area contributed by atoms with Gasteiger partial charge in [-0.05, 0) is 66.8 Å². The lowest BCUT2D eigenvalue weighted by molar-refractivity contribution is 0.140. The number of methoxy groups -OCH3 is 1. The summed E-state index contributed by atoms with van der Waals surface area (Å²) in [5.74, 6) is 1.42. The molecule has 1 aromatic heterocycles. The van der Waals surface area contributed by atoms with E-state index in [0.717, 1.165) is 65.5 Å². The first kappa shape index (κ1) is 23.5. The average Bonchev–Trinajstić information content (AvgIpc) is 3.14. The molecule has 34 heavy (non-hydrogen) atoms. The number of piperidine rings is 1. The van der Waals surface area contributed by atoms with Crippen molar-refractivity contribution in [2.24, 2.45) is 5.16 Å². The number of nitrogens with zero attached hydrogens (tertiary/aromatic N) is 4. The second-order valence-corrected chi connectivity index (χ2v) is 8.42. The molecule has 5 rings (SSSR count). The van der Waals surface area contributed by atoms with Crippen LogP contribution in [0.5, 0.6) is 5.75 Å². The molecular formula is C27H31FN4O2. The smallest absolute Gasteiger partial charge is 0.171 e. The van der Waals surface area contributed by atoms with Gasteiger partial charge < -0.3 is 19.0 Å². The van der Waals surface area contributed by atoms with Crippen LogP contribution in [0.1, 0.15) is 49.6 Å². The number of imidazole rings is 1. The van der Waals surface area contributed by atoms with Crippen molar-refractivity contribution in [3.05, 3.63) is 83.2 Å². The first-order valence-electron chi connectivity index (χ1n) is 11.2. The summed E-state index contributed by atoms with van der Waals surface area (Å²) in [6.07, 6.45) is 8.66. The Morgan fingerprint density at radius 3 is 2.74 bits per heavy atom. The van der Waals surface area contributed by atoms with Gasteiger partial charge in [0.2, 0.25) is 0 Å². The molecule has 2 aliphatic rings. The van der Waals surface area contributed by atoms with E-state index < -0.39 is 0 Å². The standard InChI is InChI=1S/C26H27FN4O2.CH4/c1-18-16-30(17-28-18)24-10-5-19(15-25(24)32-2)14-21-4-3-12-31-23(11-13-33-29-26(21)31)20-6-8-22(27)9-7-20;/h5-10,14-17,23H,3-4,11-13H2,1-2H3;1H4/b21-14+;/t23-;/m1./s1. The zero-order chi connectivity index (χ0) is 22.8. The fraction of sp³-hybridized carbons (Fsp3) is 0.333. The molecule has 0 N–H and O–H groups in total. The first-order chi connectivity index (χ1) is 16.1. The van der Waals surface area contributed by atoms with E-state index in [1.54, 1.807) is 13.4 Å². The van der Waals surface area contributed by atoms with E-state index in [1.807, 2.05) is 42.0 Å². The molecule has 0 aliphatic carbocycles. The molecule has 1 atom stereocenters. The highest BCUT2D eigenvalue weighted by atomic mass is 19.1. The first-order valence-corrected chi connectivity index (χ1v) is 11.2. The van der Waals surface area contributed by atoms with E-state index in [2.05, 4.69) is 27.2 Å².